The zero-order chi connectivity index (χ0) is 14.7. The van der Waals surface area contributed by atoms with E-state index < -0.39 is 0 Å². The zero-order valence-corrected chi connectivity index (χ0v) is 11.7. The molecule has 3 N–H and O–H groups in total. The number of halogens is 1. The molecule has 0 spiro atoms. The third kappa shape index (κ3) is 3.05. The van der Waals surface area contributed by atoms with Gasteiger partial charge in [-0.25, -0.2) is 4.39 Å². The predicted octanol–water partition coefficient (Wildman–Crippen LogP) is 2.25. The number of rotatable bonds is 4. The maximum Gasteiger partial charge on any atom is 0.263 e. The lowest BCUT2D eigenvalue weighted by atomic mass is 10.2. The lowest BCUT2D eigenvalue weighted by molar-refractivity contribution is 0.0803. The van der Waals surface area contributed by atoms with Crippen LogP contribution in [0.2, 0.25) is 0 Å². The average molecular weight is 295 g/mol. The second-order valence-corrected chi connectivity index (χ2v) is 5.44. The largest absolute Gasteiger partial charge is 0.409 e. The molecule has 0 saturated carbocycles. The van der Waals surface area contributed by atoms with E-state index in [1.807, 2.05) is 0 Å². The first kappa shape index (κ1) is 14.3. The van der Waals surface area contributed by atoms with Crippen LogP contribution in [0.25, 0.3) is 10.1 Å². The summed E-state index contributed by atoms with van der Waals surface area (Å²) in [5.74, 6) is -0.418. The summed E-state index contributed by atoms with van der Waals surface area (Å²) < 4.78 is 13.8. The topological polar surface area (TPSA) is 78.9 Å². The van der Waals surface area contributed by atoms with E-state index in [2.05, 4.69) is 5.16 Å². The number of amidine groups is 1. The van der Waals surface area contributed by atoms with Crippen LogP contribution in [0.1, 0.15) is 16.1 Å². The predicted molar refractivity (Wildman–Crippen MR) is 76.8 cm³/mol. The van der Waals surface area contributed by atoms with Gasteiger partial charge >= 0.3 is 0 Å². The second kappa shape index (κ2) is 5.87. The number of benzene rings is 1. The van der Waals surface area contributed by atoms with Gasteiger partial charge in [-0.15, -0.1) is 11.3 Å². The van der Waals surface area contributed by atoms with Gasteiger partial charge in [0.15, 0.2) is 0 Å². The molecule has 20 heavy (non-hydrogen) atoms. The van der Waals surface area contributed by atoms with Crippen molar-refractivity contribution in [3.63, 3.8) is 0 Å². The number of hydrogen-bond acceptors (Lipinski definition) is 4. The molecule has 0 fully saturated rings. The monoisotopic (exact) mass is 295 g/mol. The standard InChI is InChI=1S/C13H14FN3O2S/c1-17(5-4-12(15)16-19)13(18)11-6-8-2-3-9(14)7-10(8)20-11/h2-3,6-7,19H,4-5H2,1H3,(H2,15,16). The molecule has 2 rings (SSSR count). The highest BCUT2D eigenvalue weighted by molar-refractivity contribution is 7.20. The number of amides is 1. The van der Waals surface area contributed by atoms with Crippen LogP contribution in [0.5, 0.6) is 0 Å². The van der Waals surface area contributed by atoms with Crippen molar-refractivity contribution < 1.29 is 14.4 Å². The molecule has 5 nitrogen and oxygen atoms in total. The van der Waals surface area contributed by atoms with Crippen molar-refractivity contribution in [2.24, 2.45) is 10.9 Å². The molecule has 1 aromatic carbocycles. The summed E-state index contributed by atoms with van der Waals surface area (Å²) in [5.41, 5.74) is 5.36. The minimum Gasteiger partial charge on any atom is -0.409 e. The third-order valence-electron chi connectivity index (χ3n) is 2.87. The van der Waals surface area contributed by atoms with Crippen LogP contribution < -0.4 is 5.73 Å². The molecular weight excluding hydrogens is 281 g/mol. The summed E-state index contributed by atoms with van der Waals surface area (Å²) in [7, 11) is 1.64. The zero-order valence-electron chi connectivity index (χ0n) is 10.8. The molecule has 0 aliphatic heterocycles. The van der Waals surface area contributed by atoms with Crippen LogP contribution in [0.15, 0.2) is 29.4 Å². The van der Waals surface area contributed by atoms with Crippen molar-refractivity contribution in [2.75, 3.05) is 13.6 Å². The number of fused-ring (bicyclic) bond motifs is 1. The van der Waals surface area contributed by atoms with Crippen LogP contribution in [-0.4, -0.2) is 35.4 Å². The van der Waals surface area contributed by atoms with Crippen molar-refractivity contribution in [3.8, 4) is 0 Å². The summed E-state index contributed by atoms with van der Waals surface area (Å²) in [6, 6.07) is 6.16. The highest BCUT2D eigenvalue weighted by Crippen LogP contribution is 2.27. The summed E-state index contributed by atoms with van der Waals surface area (Å²) in [6.45, 7) is 0.345. The van der Waals surface area contributed by atoms with Crippen molar-refractivity contribution in [3.05, 3.63) is 35.0 Å². The van der Waals surface area contributed by atoms with Gasteiger partial charge in [0.05, 0.1) is 4.88 Å². The van der Waals surface area contributed by atoms with Gasteiger partial charge in [0.2, 0.25) is 0 Å². The van der Waals surface area contributed by atoms with Crippen molar-refractivity contribution >= 4 is 33.2 Å². The van der Waals surface area contributed by atoms with Crippen LogP contribution in [0, 0.1) is 5.82 Å². The normalized spacial score (nSPS) is 11.8. The Labute approximate surface area is 119 Å². The van der Waals surface area contributed by atoms with Gasteiger partial charge < -0.3 is 15.8 Å². The summed E-state index contributed by atoms with van der Waals surface area (Å²) >= 11 is 1.25. The molecule has 2 aromatic rings. The lowest BCUT2D eigenvalue weighted by Crippen LogP contribution is -2.30. The Kier molecular flexibility index (Phi) is 4.19. The maximum atomic E-state index is 13.1. The van der Waals surface area contributed by atoms with Gasteiger partial charge in [-0.1, -0.05) is 11.2 Å². The Morgan fingerprint density at radius 2 is 2.25 bits per heavy atom. The quantitative estimate of drug-likeness (QED) is 0.393. The van der Waals surface area contributed by atoms with Gasteiger partial charge in [-0.3, -0.25) is 4.79 Å². The summed E-state index contributed by atoms with van der Waals surface area (Å²) in [5, 5.41) is 12.1. The number of hydrogen-bond donors (Lipinski definition) is 2. The second-order valence-electron chi connectivity index (χ2n) is 4.36. The average Bonchev–Trinajstić information content (AvgIpc) is 2.86. The SMILES string of the molecule is CN(CC/C(N)=N/O)C(=O)c1cc2ccc(F)cc2s1. The Morgan fingerprint density at radius 1 is 1.50 bits per heavy atom. The van der Waals surface area contributed by atoms with E-state index in [4.69, 9.17) is 10.9 Å². The molecule has 1 amide bonds. The van der Waals surface area contributed by atoms with E-state index in [9.17, 15) is 9.18 Å². The summed E-state index contributed by atoms with van der Waals surface area (Å²) in [6.07, 6.45) is 0.290. The van der Waals surface area contributed by atoms with E-state index in [0.29, 0.717) is 11.4 Å². The Balaban J connectivity index is 2.14. The highest BCUT2D eigenvalue weighted by atomic mass is 32.1. The first-order valence-corrected chi connectivity index (χ1v) is 6.74. The van der Waals surface area contributed by atoms with Crippen molar-refractivity contribution in [2.45, 2.75) is 6.42 Å². The van der Waals surface area contributed by atoms with Crippen LogP contribution in [0.3, 0.4) is 0 Å². The Hall–Kier alpha value is -2.15. The fourth-order valence-corrected chi connectivity index (χ4v) is 2.81. The molecular formula is C13H14FN3O2S. The van der Waals surface area contributed by atoms with E-state index in [0.717, 1.165) is 10.1 Å². The number of carbonyl (C=O) groups is 1. The Morgan fingerprint density at radius 3 is 2.95 bits per heavy atom. The maximum absolute atomic E-state index is 13.1. The molecule has 0 aliphatic carbocycles. The molecule has 0 saturated heterocycles. The first-order chi connectivity index (χ1) is 9.51. The number of nitrogens with zero attached hydrogens (tertiary/aromatic N) is 2. The van der Waals surface area contributed by atoms with E-state index in [1.54, 1.807) is 19.2 Å². The van der Waals surface area contributed by atoms with Gasteiger partial charge in [0.25, 0.3) is 5.91 Å². The molecule has 1 heterocycles. The first-order valence-electron chi connectivity index (χ1n) is 5.92. The molecule has 0 bridgehead atoms. The molecule has 0 atom stereocenters. The molecule has 106 valence electrons. The van der Waals surface area contributed by atoms with Crippen molar-refractivity contribution in [1.29, 1.82) is 0 Å². The van der Waals surface area contributed by atoms with E-state index in [1.165, 1.54) is 28.4 Å². The number of nitrogens with two attached hydrogens (primary N) is 1. The molecule has 1 aromatic heterocycles. The fourth-order valence-electron chi connectivity index (χ4n) is 1.73. The smallest absolute Gasteiger partial charge is 0.263 e. The molecule has 0 unspecified atom stereocenters. The number of carbonyl (C=O) groups excluding carboxylic acids is 1. The third-order valence-corrected chi connectivity index (χ3v) is 3.96. The van der Waals surface area contributed by atoms with E-state index in [-0.39, 0.29) is 24.0 Å². The molecule has 7 heteroatoms. The fraction of sp³-hybridized carbons (Fsp3) is 0.231. The van der Waals surface area contributed by atoms with Crippen LogP contribution in [0.4, 0.5) is 4.39 Å². The Bertz CT molecular complexity index is 669. The van der Waals surface area contributed by atoms with Gasteiger partial charge in [0.1, 0.15) is 11.7 Å². The lowest BCUT2D eigenvalue weighted by Gasteiger charge is -2.15. The van der Waals surface area contributed by atoms with Crippen LogP contribution in [-0.2, 0) is 0 Å². The highest BCUT2D eigenvalue weighted by Gasteiger charge is 2.15. The van der Waals surface area contributed by atoms with Crippen LogP contribution >= 0.6 is 11.3 Å². The summed E-state index contributed by atoms with van der Waals surface area (Å²) in [4.78, 5) is 14.2. The van der Waals surface area contributed by atoms with Crippen molar-refractivity contribution in [1.82, 2.24) is 4.90 Å². The minimum absolute atomic E-state index is 0.0723. The minimum atomic E-state index is -0.321. The number of oxime groups is 1. The van der Waals surface area contributed by atoms with Gasteiger partial charge in [0, 0.05) is 24.7 Å². The number of thiophene rings is 1. The van der Waals surface area contributed by atoms with Gasteiger partial charge in [-0.05, 0) is 23.6 Å². The molecule has 0 aliphatic rings. The van der Waals surface area contributed by atoms with Gasteiger partial charge in [-0.2, -0.15) is 0 Å². The molecule has 0 radical (unpaired) electrons. The van der Waals surface area contributed by atoms with E-state index >= 15 is 0 Å².